The SMILES string of the molecule is CC1CS(=O)(=O)CCN1CCCC1CCCNC1. The zero-order valence-electron chi connectivity index (χ0n) is 11.4. The highest BCUT2D eigenvalue weighted by Crippen LogP contribution is 2.18. The van der Waals surface area contributed by atoms with Crippen molar-refractivity contribution in [2.75, 3.05) is 37.7 Å². The summed E-state index contributed by atoms with van der Waals surface area (Å²) in [6, 6.07) is 0.202. The van der Waals surface area contributed by atoms with Gasteiger partial charge >= 0.3 is 0 Å². The first-order chi connectivity index (χ1) is 8.57. The van der Waals surface area contributed by atoms with Crippen molar-refractivity contribution < 1.29 is 8.42 Å². The molecule has 2 rings (SSSR count). The molecule has 0 bridgehead atoms. The van der Waals surface area contributed by atoms with E-state index < -0.39 is 9.84 Å². The zero-order valence-corrected chi connectivity index (χ0v) is 12.2. The third kappa shape index (κ3) is 4.21. The maximum absolute atomic E-state index is 11.5. The van der Waals surface area contributed by atoms with Crippen molar-refractivity contribution in [2.24, 2.45) is 5.92 Å². The largest absolute Gasteiger partial charge is 0.316 e. The lowest BCUT2D eigenvalue weighted by Crippen LogP contribution is -2.47. The van der Waals surface area contributed by atoms with Gasteiger partial charge in [-0.25, -0.2) is 8.42 Å². The number of hydrogen-bond acceptors (Lipinski definition) is 4. The Labute approximate surface area is 111 Å². The third-order valence-corrected chi connectivity index (χ3v) is 6.06. The van der Waals surface area contributed by atoms with E-state index in [0.717, 1.165) is 19.0 Å². The van der Waals surface area contributed by atoms with E-state index in [-0.39, 0.29) is 6.04 Å². The Morgan fingerprint density at radius 1 is 1.39 bits per heavy atom. The first-order valence-electron chi connectivity index (χ1n) is 7.22. The van der Waals surface area contributed by atoms with Gasteiger partial charge in [-0.15, -0.1) is 0 Å². The average Bonchev–Trinajstić information content (AvgIpc) is 2.33. The van der Waals surface area contributed by atoms with E-state index in [1.807, 2.05) is 6.92 Å². The monoisotopic (exact) mass is 274 g/mol. The van der Waals surface area contributed by atoms with Crippen LogP contribution in [0.5, 0.6) is 0 Å². The van der Waals surface area contributed by atoms with Crippen molar-refractivity contribution in [1.29, 1.82) is 0 Å². The molecule has 106 valence electrons. The molecular weight excluding hydrogens is 248 g/mol. The van der Waals surface area contributed by atoms with Crippen LogP contribution in [-0.2, 0) is 9.84 Å². The Morgan fingerprint density at radius 2 is 2.22 bits per heavy atom. The molecule has 2 saturated heterocycles. The number of nitrogens with one attached hydrogen (secondary N) is 1. The van der Waals surface area contributed by atoms with Gasteiger partial charge in [-0.05, 0) is 58.2 Å². The summed E-state index contributed by atoms with van der Waals surface area (Å²) in [5, 5.41) is 3.45. The molecule has 0 saturated carbocycles. The van der Waals surface area contributed by atoms with Crippen LogP contribution < -0.4 is 5.32 Å². The minimum Gasteiger partial charge on any atom is -0.316 e. The topological polar surface area (TPSA) is 49.4 Å². The Morgan fingerprint density at radius 3 is 2.89 bits per heavy atom. The normalized spacial score (nSPS) is 33.4. The summed E-state index contributed by atoms with van der Waals surface area (Å²) < 4.78 is 23.0. The lowest BCUT2D eigenvalue weighted by atomic mass is 9.94. The fourth-order valence-electron chi connectivity index (χ4n) is 3.12. The van der Waals surface area contributed by atoms with Crippen LogP contribution in [0.2, 0.25) is 0 Å². The maximum Gasteiger partial charge on any atom is 0.153 e. The van der Waals surface area contributed by atoms with Gasteiger partial charge in [-0.1, -0.05) is 0 Å². The van der Waals surface area contributed by atoms with Crippen LogP contribution in [0.4, 0.5) is 0 Å². The van der Waals surface area contributed by atoms with E-state index in [2.05, 4.69) is 10.2 Å². The fraction of sp³-hybridized carbons (Fsp3) is 1.00. The molecule has 2 atom stereocenters. The quantitative estimate of drug-likeness (QED) is 0.827. The van der Waals surface area contributed by atoms with Gasteiger partial charge in [0.15, 0.2) is 9.84 Å². The fourth-order valence-corrected chi connectivity index (χ4v) is 4.74. The molecular formula is C13H26N2O2S. The molecule has 18 heavy (non-hydrogen) atoms. The van der Waals surface area contributed by atoms with Crippen LogP contribution >= 0.6 is 0 Å². The first-order valence-corrected chi connectivity index (χ1v) is 9.04. The number of hydrogen-bond donors (Lipinski definition) is 1. The average molecular weight is 274 g/mol. The smallest absolute Gasteiger partial charge is 0.153 e. The van der Waals surface area contributed by atoms with E-state index in [9.17, 15) is 8.42 Å². The van der Waals surface area contributed by atoms with Gasteiger partial charge in [0.2, 0.25) is 0 Å². The summed E-state index contributed by atoms with van der Waals surface area (Å²) >= 11 is 0. The zero-order chi connectivity index (χ0) is 13.0. The van der Waals surface area contributed by atoms with Crippen molar-refractivity contribution >= 4 is 9.84 Å². The van der Waals surface area contributed by atoms with E-state index in [1.165, 1.54) is 38.8 Å². The van der Waals surface area contributed by atoms with Crippen LogP contribution in [0, 0.1) is 5.92 Å². The number of sulfone groups is 1. The predicted octanol–water partition coefficient (Wildman–Crippen LogP) is 0.885. The van der Waals surface area contributed by atoms with Gasteiger partial charge in [-0.3, -0.25) is 4.90 Å². The van der Waals surface area contributed by atoms with Gasteiger partial charge < -0.3 is 5.32 Å². The van der Waals surface area contributed by atoms with Crippen LogP contribution in [-0.4, -0.2) is 57.0 Å². The lowest BCUT2D eigenvalue weighted by molar-refractivity contribution is 0.213. The highest BCUT2D eigenvalue weighted by Gasteiger charge is 2.27. The molecule has 0 spiro atoms. The van der Waals surface area contributed by atoms with Crippen LogP contribution in [0.15, 0.2) is 0 Å². The molecule has 2 unspecified atom stereocenters. The molecule has 0 radical (unpaired) electrons. The number of nitrogens with zero attached hydrogens (tertiary/aromatic N) is 1. The van der Waals surface area contributed by atoms with E-state index in [1.54, 1.807) is 0 Å². The van der Waals surface area contributed by atoms with Crippen molar-refractivity contribution in [3.05, 3.63) is 0 Å². The Hall–Kier alpha value is -0.130. The first kappa shape index (κ1) is 14.3. The molecule has 0 aromatic heterocycles. The number of piperidine rings is 1. The Kier molecular flexibility index (Phi) is 5.04. The van der Waals surface area contributed by atoms with Crippen molar-refractivity contribution in [1.82, 2.24) is 10.2 Å². The lowest BCUT2D eigenvalue weighted by Gasteiger charge is -2.33. The highest BCUT2D eigenvalue weighted by molar-refractivity contribution is 7.91. The highest BCUT2D eigenvalue weighted by atomic mass is 32.2. The summed E-state index contributed by atoms with van der Waals surface area (Å²) in [4.78, 5) is 2.34. The molecule has 2 fully saturated rings. The minimum atomic E-state index is -2.76. The van der Waals surface area contributed by atoms with Gasteiger partial charge in [0.05, 0.1) is 11.5 Å². The van der Waals surface area contributed by atoms with Crippen LogP contribution in [0.25, 0.3) is 0 Å². The molecule has 2 aliphatic rings. The summed E-state index contributed by atoms with van der Waals surface area (Å²) in [6.45, 7) is 6.18. The van der Waals surface area contributed by atoms with Gasteiger partial charge in [0, 0.05) is 12.6 Å². The summed E-state index contributed by atoms with van der Waals surface area (Å²) in [5.41, 5.74) is 0. The Bertz CT molecular complexity index is 350. The second-order valence-electron chi connectivity index (χ2n) is 5.85. The van der Waals surface area contributed by atoms with Gasteiger partial charge in [0.25, 0.3) is 0 Å². The van der Waals surface area contributed by atoms with Crippen molar-refractivity contribution in [3.8, 4) is 0 Å². The van der Waals surface area contributed by atoms with Crippen LogP contribution in [0.1, 0.15) is 32.6 Å². The summed E-state index contributed by atoms with van der Waals surface area (Å²) in [5.74, 6) is 1.53. The number of rotatable bonds is 4. The third-order valence-electron chi connectivity index (χ3n) is 4.26. The standard InChI is InChI=1S/C13H26N2O2S/c1-12-11-18(16,17)9-8-15(12)7-3-5-13-4-2-6-14-10-13/h12-14H,2-11H2,1H3. The molecule has 0 amide bonds. The van der Waals surface area contributed by atoms with Gasteiger partial charge in [-0.2, -0.15) is 0 Å². The van der Waals surface area contributed by atoms with E-state index in [0.29, 0.717) is 11.5 Å². The molecule has 2 aliphatic heterocycles. The predicted molar refractivity (Wildman–Crippen MR) is 74.5 cm³/mol. The summed E-state index contributed by atoms with van der Waals surface area (Å²) in [6.07, 6.45) is 5.15. The molecule has 0 aromatic carbocycles. The van der Waals surface area contributed by atoms with E-state index >= 15 is 0 Å². The molecule has 0 aliphatic carbocycles. The molecule has 5 heteroatoms. The van der Waals surface area contributed by atoms with Crippen molar-refractivity contribution in [3.63, 3.8) is 0 Å². The maximum atomic E-state index is 11.5. The van der Waals surface area contributed by atoms with E-state index in [4.69, 9.17) is 0 Å². The van der Waals surface area contributed by atoms with Crippen LogP contribution in [0.3, 0.4) is 0 Å². The van der Waals surface area contributed by atoms with Gasteiger partial charge in [0.1, 0.15) is 0 Å². The summed E-state index contributed by atoms with van der Waals surface area (Å²) in [7, 11) is -2.76. The Balaban J connectivity index is 1.67. The molecule has 2 heterocycles. The van der Waals surface area contributed by atoms with Crippen molar-refractivity contribution in [2.45, 2.75) is 38.6 Å². The second kappa shape index (κ2) is 6.35. The molecule has 4 nitrogen and oxygen atoms in total. The minimum absolute atomic E-state index is 0.202. The molecule has 1 N–H and O–H groups in total. The second-order valence-corrected chi connectivity index (χ2v) is 8.08. The molecule has 0 aromatic rings.